The Balaban J connectivity index is 1.84. The van der Waals surface area contributed by atoms with Crippen molar-refractivity contribution >= 4 is 48.6 Å². The third-order valence-electron chi connectivity index (χ3n) is 4.43. The van der Waals surface area contributed by atoms with Crippen LogP contribution in [0.2, 0.25) is 0 Å². The van der Waals surface area contributed by atoms with Gasteiger partial charge in [-0.1, -0.05) is 56.3 Å². The number of carbonyl (C=O) groups is 1. The second-order valence-corrected chi connectivity index (χ2v) is 8.95. The summed E-state index contributed by atoms with van der Waals surface area (Å²) in [7, 11) is 0. The number of allylic oxidation sites excluding steroid dienone is 1. The van der Waals surface area contributed by atoms with Crippen LogP contribution in [0, 0.1) is 17.3 Å². The summed E-state index contributed by atoms with van der Waals surface area (Å²) in [5.41, 5.74) is -0.0749. The van der Waals surface area contributed by atoms with Gasteiger partial charge in [-0.15, -0.1) is 0 Å². The van der Waals surface area contributed by atoms with E-state index in [9.17, 15) is 4.79 Å². The third kappa shape index (κ3) is 2.86. The van der Waals surface area contributed by atoms with Crippen LogP contribution in [-0.2, 0) is 4.79 Å². The Morgan fingerprint density at radius 3 is 2.55 bits per heavy atom. The molecule has 0 heterocycles. The van der Waals surface area contributed by atoms with Crippen LogP contribution < -0.4 is 4.74 Å². The summed E-state index contributed by atoms with van der Waals surface area (Å²) in [6.45, 7) is 4.18. The number of hydrogen-bond donors (Lipinski definition) is 0. The maximum Gasteiger partial charge on any atom is 0.315 e. The van der Waals surface area contributed by atoms with Crippen molar-refractivity contribution in [2.24, 2.45) is 17.3 Å². The van der Waals surface area contributed by atoms with E-state index in [1.165, 1.54) is 0 Å². The van der Waals surface area contributed by atoms with Crippen LogP contribution in [0.25, 0.3) is 10.8 Å². The molecular weight excluding hydrogens is 408 g/mol. The van der Waals surface area contributed by atoms with Crippen molar-refractivity contribution in [2.75, 3.05) is 0 Å². The molecule has 1 aliphatic rings. The van der Waals surface area contributed by atoms with Gasteiger partial charge in [-0.3, -0.25) is 4.79 Å². The Morgan fingerprint density at radius 1 is 1.14 bits per heavy atom. The standard InChI is InChI=1S/C18H16Br2O2/c1-18(2)13(10-15(19)20)16(18)17(21)22-14-9-5-7-11-6-3-4-8-12(11)14/h3-10,13,16H,1-2H3. The molecule has 1 aliphatic carbocycles. The highest BCUT2D eigenvalue weighted by Gasteiger charge is 2.61. The van der Waals surface area contributed by atoms with Gasteiger partial charge >= 0.3 is 5.97 Å². The van der Waals surface area contributed by atoms with E-state index in [4.69, 9.17) is 4.74 Å². The first-order chi connectivity index (χ1) is 10.4. The van der Waals surface area contributed by atoms with Crippen LogP contribution in [0.3, 0.4) is 0 Å². The fourth-order valence-corrected chi connectivity index (χ4v) is 3.60. The molecule has 0 aliphatic heterocycles. The summed E-state index contributed by atoms with van der Waals surface area (Å²) in [6, 6.07) is 13.7. The molecule has 0 radical (unpaired) electrons. The molecule has 2 nitrogen and oxygen atoms in total. The molecule has 0 saturated heterocycles. The highest BCUT2D eigenvalue weighted by Crippen LogP contribution is 2.60. The van der Waals surface area contributed by atoms with Crippen molar-refractivity contribution in [3.8, 4) is 5.75 Å². The summed E-state index contributed by atoms with van der Waals surface area (Å²) in [6.07, 6.45) is 2.02. The lowest BCUT2D eigenvalue weighted by Gasteiger charge is -2.08. The Morgan fingerprint density at radius 2 is 1.82 bits per heavy atom. The number of carbonyl (C=O) groups excluding carboxylic acids is 1. The van der Waals surface area contributed by atoms with Crippen LogP contribution in [0.1, 0.15) is 13.8 Å². The number of fused-ring (bicyclic) bond motifs is 1. The van der Waals surface area contributed by atoms with E-state index in [1.54, 1.807) is 0 Å². The molecule has 4 heteroatoms. The monoisotopic (exact) mass is 422 g/mol. The van der Waals surface area contributed by atoms with E-state index >= 15 is 0 Å². The lowest BCUT2D eigenvalue weighted by atomic mass is 10.1. The largest absolute Gasteiger partial charge is 0.426 e. The number of rotatable bonds is 3. The van der Waals surface area contributed by atoms with E-state index in [2.05, 4.69) is 45.7 Å². The van der Waals surface area contributed by atoms with Gasteiger partial charge in [0.05, 0.1) is 9.31 Å². The molecule has 2 aromatic rings. The summed E-state index contributed by atoms with van der Waals surface area (Å²) in [4.78, 5) is 12.5. The van der Waals surface area contributed by atoms with E-state index in [1.807, 2.05) is 48.5 Å². The quantitative estimate of drug-likeness (QED) is 0.471. The number of benzene rings is 2. The summed E-state index contributed by atoms with van der Waals surface area (Å²) in [5.74, 6) is 0.538. The second-order valence-electron chi connectivity index (χ2n) is 6.18. The average Bonchev–Trinajstić information content (AvgIpc) is 2.99. The van der Waals surface area contributed by atoms with Crippen LogP contribution >= 0.6 is 31.9 Å². The van der Waals surface area contributed by atoms with Gasteiger partial charge in [0.1, 0.15) is 5.75 Å². The predicted octanol–water partition coefficient (Wildman–Crippen LogP) is 5.65. The van der Waals surface area contributed by atoms with Crippen molar-refractivity contribution in [1.29, 1.82) is 0 Å². The van der Waals surface area contributed by atoms with Gasteiger partial charge in [-0.2, -0.15) is 0 Å². The summed E-state index contributed by atoms with van der Waals surface area (Å²) < 4.78 is 6.57. The minimum Gasteiger partial charge on any atom is -0.426 e. The van der Waals surface area contributed by atoms with Gasteiger partial charge in [0.15, 0.2) is 0 Å². The molecule has 0 N–H and O–H groups in total. The van der Waals surface area contributed by atoms with Crippen molar-refractivity contribution in [2.45, 2.75) is 13.8 Å². The lowest BCUT2D eigenvalue weighted by molar-refractivity contribution is -0.136. The van der Waals surface area contributed by atoms with Gasteiger partial charge < -0.3 is 4.74 Å². The highest BCUT2D eigenvalue weighted by molar-refractivity contribution is 9.28. The van der Waals surface area contributed by atoms with Crippen molar-refractivity contribution < 1.29 is 9.53 Å². The number of halogens is 2. The molecule has 2 aromatic carbocycles. The molecule has 3 rings (SSSR count). The highest BCUT2D eigenvalue weighted by atomic mass is 79.9. The van der Waals surface area contributed by atoms with Crippen molar-refractivity contribution in [3.63, 3.8) is 0 Å². The lowest BCUT2D eigenvalue weighted by Crippen LogP contribution is -2.14. The number of ether oxygens (including phenoxy) is 1. The molecule has 1 fully saturated rings. The number of esters is 1. The van der Waals surface area contributed by atoms with Crippen LogP contribution in [0.4, 0.5) is 0 Å². The predicted molar refractivity (Wildman–Crippen MR) is 96.3 cm³/mol. The summed E-state index contributed by atoms with van der Waals surface area (Å²) >= 11 is 6.74. The molecule has 2 unspecified atom stereocenters. The average molecular weight is 424 g/mol. The van der Waals surface area contributed by atoms with Gasteiger partial charge in [0.25, 0.3) is 0 Å². The van der Waals surface area contributed by atoms with E-state index in [-0.39, 0.29) is 23.2 Å². The Labute approximate surface area is 146 Å². The molecule has 0 aromatic heterocycles. The normalized spacial score (nSPS) is 22.2. The van der Waals surface area contributed by atoms with Gasteiger partial charge in [-0.25, -0.2) is 0 Å². The van der Waals surface area contributed by atoms with Gasteiger partial charge in [0.2, 0.25) is 0 Å². The first-order valence-electron chi connectivity index (χ1n) is 7.13. The zero-order valence-electron chi connectivity index (χ0n) is 12.3. The van der Waals surface area contributed by atoms with Gasteiger partial charge in [0, 0.05) is 5.39 Å². The maximum atomic E-state index is 12.5. The van der Waals surface area contributed by atoms with Crippen molar-refractivity contribution in [1.82, 2.24) is 0 Å². The van der Waals surface area contributed by atoms with Crippen LogP contribution in [0.5, 0.6) is 5.75 Å². The molecule has 22 heavy (non-hydrogen) atoms. The smallest absolute Gasteiger partial charge is 0.315 e. The topological polar surface area (TPSA) is 26.3 Å². The molecule has 0 amide bonds. The first kappa shape index (κ1) is 15.8. The molecule has 2 atom stereocenters. The fraction of sp³-hybridized carbons (Fsp3) is 0.278. The molecule has 114 valence electrons. The fourth-order valence-electron chi connectivity index (χ4n) is 3.03. The molecule has 0 bridgehead atoms. The molecule has 1 saturated carbocycles. The Kier molecular flexibility index (Phi) is 4.17. The zero-order chi connectivity index (χ0) is 15.9. The van der Waals surface area contributed by atoms with E-state index < -0.39 is 0 Å². The summed E-state index contributed by atoms with van der Waals surface area (Å²) in [5, 5.41) is 2.04. The zero-order valence-corrected chi connectivity index (χ0v) is 15.5. The third-order valence-corrected chi connectivity index (χ3v) is 4.96. The Bertz CT molecular complexity index is 755. The van der Waals surface area contributed by atoms with Gasteiger partial charge in [-0.05, 0) is 54.6 Å². The van der Waals surface area contributed by atoms with E-state index in [0.717, 1.165) is 14.2 Å². The van der Waals surface area contributed by atoms with E-state index in [0.29, 0.717) is 5.75 Å². The SMILES string of the molecule is CC1(C)C(C=C(Br)Br)C1C(=O)Oc1cccc2ccccc12. The maximum absolute atomic E-state index is 12.5. The second kappa shape index (κ2) is 5.82. The van der Waals surface area contributed by atoms with Crippen molar-refractivity contribution in [3.05, 3.63) is 51.9 Å². The molecular formula is C18H16Br2O2. The molecule has 0 spiro atoms. The van der Waals surface area contributed by atoms with Crippen LogP contribution in [0.15, 0.2) is 51.9 Å². The minimum atomic E-state index is -0.163. The first-order valence-corrected chi connectivity index (χ1v) is 8.72. The van der Waals surface area contributed by atoms with Crippen LogP contribution in [-0.4, -0.2) is 5.97 Å². The minimum absolute atomic E-state index is 0.0749. The number of hydrogen-bond acceptors (Lipinski definition) is 2. The Hall–Kier alpha value is -1.13.